The average Bonchev–Trinajstić information content (AvgIpc) is 2.40. The molecule has 0 aliphatic rings. The number of nitrogens with one attached hydrogen (secondary N) is 2. The molecule has 2 amide bonds. The van der Waals surface area contributed by atoms with Gasteiger partial charge in [-0.15, -0.1) is 0 Å². The van der Waals surface area contributed by atoms with Crippen molar-refractivity contribution in [2.45, 2.75) is 0 Å². The van der Waals surface area contributed by atoms with Crippen LogP contribution >= 0.6 is 0 Å². The number of phenols is 2. The van der Waals surface area contributed by atoms with Crippen molar-refractivity contribution in [3.63, 3.8) is 0 Å². The summed E-state index contributed by atoms with van der Waals surface area (Å²) in [5, 5.41) is 17.9. The molecule has 21 heavy (non-hydrogen) atoms. The molecule has 0 aromatic heterocycles. The molecule has 7 heteroatoms. The van der Waals surface area contributed by atoms with E-state index in [0.717, 1.165) is 0 Å². The normalized spacial score (nSPS) is 8.76. The average molecular weight is 361 g/mol. The zero-order valence-corrected chi connectivity index (χ0v) is 13.7. The molecule has 2 aromatic carbocycles. The topological polar surface area (TPSA) is 122 Å². The number of benzene rings is 2. The van der Waals surface area contributed by atoms with Crippen molar-refractivity contribution in [2.75, 3.05) is 0 Å². The Morgan fingerprint density at radius 2 is 1.00 bits per heavy atom. The van der Waals surface area contributed by atoms with Crippen molar-refractivity contribution in [3.05, 3.63) is 71.1 Å². The minimum Gasteiger partial charge on any atom is -0.663 e. The number of para-hydroxylation sites is 2. The third-order valence-corrected chi connectivity index (χ3v) is 2.30. The number of phenolic OH excluding ortho intramolecular Hbond substituents is 2. The molecule has 4 N–H and O–H groups in total. The number of amides is 2. The van der Waals surface area contributed by atoms with Gasteiger partial charge in [0.05, 0.1) is 11.8 Å². The van der Waals surface area contributed by atoms with Crippen LogP contribution in [0.25, 0.3) is 11.5 Å². The molecule has 2 aromatic rings. The molecule has 0 bridgehead atoms. The zero-order chi connectivity index (χ0) is 15.1. The first kappa shape index (κ1) is 19.1. The number of carbonyl (C=O) groups is 2. The number of aromatic hydroxyl groups is 2. The van der Waals surface area contributed by atoms with Crippen LogP contribution in [0.5, 0.6) is 11.5 Å². The molecule has 0 aliphatic carbocycles. The van der Waals surface area contributed by atoms with Crippen LogP contribution in [0.15, 0.2) is 48.5 Å². The van der Waals surface area contributed by atoms with Gasteiger partial charge in [0.15, 0.2) is 0 Å². The van der Waals surface area contributed by atoms with E-state index in [1.165, 1.54) is 24.3 Å². The molecule has 0 saturated heterocycles. The van der Waals surface area contributed by atoms with Crippen LogP contribution in [0.1, 0.15) is 20.7 Å². The molecule has 0 unspecified atom stereocenters. The Morgan fingerprint density at radius 1 is 0.714 bits per heavy atom. The fraction of sp³-hybridized carbons (Fsp3) is 0. The number of hydrogen-bond acceptors (Lipinski definition) is 4. The summed E-state index contributed by atoms with van der Waals surface area (Å²) in [5.74, 6) is -2.00. The van der Waals surface area contributed by atoms with Gasteiger partial charge in [0, 0.05) is 43.8 Å². The maximum absolute atomic E-state index is 10.4. The Morgan fingerprint density at radius 3 is 1.19 bits per heavy atom. The van der Waals surface area contributed by atoms with Crippen molar-refractivity contribution in [1.29, 1.82) is 0 Å². The van der Waals surface area contributed by atoms with Crippen LogP contribution in [-0.2, 0) is 32.7 Å². The Kier molecular flexibility index (Phi) is 8.27. The molecule has 6 nitrogen and oxygen atoms in total. The Balaban J connectivity index is 0.000000364. The van der Waals surface area contributed by atoms with Crippen LogP contribution in [0.2, 0.25) is 0 Å². The van der Waals surface area contributed by atoms with Crippen molar-refractivity contribution in [1.82, 2.24) is 0 Å². The molecular formula is C14H12N2O4Y-2. The standard InChI is InChI=1S/2C7H7NO2.Y/c2*8-7(10)5-3-1-2-4-6(5)9;/h2*1-4H,(H3,8,9,10);/p-2. The number of carbonyl (C=O) groups excluding carboxylic acids is 2. The van der Waals surface area contributed by atoms with E-state index in [2.05, 4.69) is 0 Å². The fourth-order valence-electron chi connectivity index (χ4n) is 1.33. The summed E-state index contributed by atoms with van der Waals surface area (Å²) >= 11 is 0. The first-order valence-electron chi connectivity index (χ1n) is 5.51. The van der Waals surface area contributed by atoms with Gasteiger partial charge in [-0.2, -0.15) is 0 Å². The van der Waals surface area contributed by atoms with Gasteiger partial charge in [-0.3, -0.25) is 0 Å². The first-order chi connectivity index (χ1) is 9.43. The summed E-state index contributed by atoms with van der Waals surface area (Å²) in [7, 11) is 0. The molecule has 0 spiro atoms. The van der Waals surface area contributed by atoms with Crippen LogP contribution < -0.4 is 0 Å². The molecule has 0 saturated carbocycles. The van der Waals surface area contributed by atoms with Gasteiger partial charge >= 0.3 is 0 Å². The zero-order valence-electron chi connectivity index (χ0n) is 10.9. The van der Waals surface area contributed by atoms with Gasteiger partial charge in [0.25, 0.3) is 0 Å². The van der Waals surface area contributed by atoms with Crippen molar-refractivity contribution >= 4 is 11.8 Å². The second-order valence-electron chi connectivity index (χ2n) is 3.69. The van der Waals surface area contributed by atoms with E-state index in [1.54, 1.807) is 24.3 Å². The molecule has 0 fully saturated rings. The van der Waals surface area contributed by atoms with E-state index in [4.69, 9.17) is 21.7 Å². The maximum atomic E-state index is 10.4. The van der Waals surface area contributed by atoms with E-state index in [1.807, 2.05) is 0 Å². The van der Waals surface area contributed by atoms with Gasteiger partial charge in [0.1, 0.15) is 11.5 Å². The van der Waals surface area contributed by atoms with Gasteiger partial charge in [-0.1, -0.05) is 24.3 Å². The van der Waals surface area contributed by atoms with E-state index >= 15 is 0 Å². The van der Waals surface area contributed by atoms with E-state index in [0.29, 0.717) is 0 Å². The van der Waals surface area contributed by atoms with Gasteiger partial charge in [-0.25, -0.2) is 0 Å². The molecule has 2 rings (SSSR count). The first-order valence-corrected chi connectivity index (χ1v) is 5.51. The molecule has 0 aliphatic heterocycles. The second kappa shape index (κ2) is 9.10. The molecular weight excluding hydrogens is 349 g/mol. The monoisotopic (exact) mass is 361 g/mol. The summed E-state index contributed by atoms with van der Waals surface area (Å²) in [5.41, 5.74) is 13.4. The minimum atomic E-state index is -0.863. The van der Waals surface area contributed by atoms with Crippen LogP contribution in [0.3, 0.4) is 0 Å². The van der Waals surface area contributed by atoms with Crippen molar-refractivity contribution in [2.24, 2.45) is 0 Å². The van der Waals surface area contributed by atoms with Gasteiger partial charge in [-0.05, 0) is 24.3 Å². The number of rotatable bonds is 2. The van der Waals surface area contributed by atoms with Crippen LogP contribution in [0.4, 0.5) is 0 Å². The molecule has 0 heterocycles. The molecule has 107 valence electrons. The Hall–Kier alpha value is -1.92. The Bertz CT molecular complexity index is 576. The predicted octanol–water partition coefficient (Wildman–Crippen LogP) is 3.17. The van der Waals surface area contributed by atoms with Crippen LogP contribution in [-0.4, -0.2) is 22.0 Å². The van der Waals surface area contributed by atoms with E-state index < -0.39 is 11.8 Å². The van der Waals surface area contributed by atoms with Gasteiger partial charge < -0.3 is 31.3 Å². The summed E-state index contributed by atoms with van der Waals surface area (Å²) in [6.07, 6.45) is 0. The summed E-state index contributed by atoms with van der Waals surface area (Å²) in [6, 6.07) is 12.0. The smallest absolute Gasteiger partial charge is 0.124 e. The van der Waals surface area contributed by atoms with Crippen molar-refractivity contribution in [3.8, 4) is 11.5 Å². The van der Waals surface area contributed by atoms with E-state index in [-0.39, 0.29) is 55.3 Å². The van der Waals surface area contributed by atoms with Gasteiger partial charge in [0.2, 0.25) is 0 Å². The van der Waals surface area contributed by atoms with Crippen molar-refractivity contribution < 1.29 is 52.5 Å². The second-order valence-corrected chi connectivity index (χ2v) is 3.69. The molecule has 1 radical (unpaired) electrons. The van der Waals surface area contributed by atoms with Crippen LogP contribution in [0, 0.1) is 0 Å². The molecule has 0 atom stereocenters. The third kappa shape index (κ3) is 5.93. The predicted molar refractivity (Wildman–Crippen MR) is 73.5 cm³/mol. The quantitative estimate of drug-likeness (QED) is 0.853. The minimum absolute atomic E-state index is 0. The fourth-order valence-corrected chi connectivity index (χ4v) is 1.33. The SMILES string of the molecule is [NH-]C(=O)c1ccccc1O.[NH-]C(=O)c1ccccc1O.[Y]. The maximum Gasteiger partial charge on any atom is 0.124 e. The van der Waals surface area contributed by atoms with E-state index in [9.17, 15) is 9.59 Å². The largest absolute Gasteiger partial charge is 0.663 e. The summed E-state index contributed by atoms with van der Waals surface area (Å²) in [6.45, 7) is 0. The summed E-state index contributed by atoms with van der Waals surface area (Å²) in [4.78, 5) is 20.7. The Labute approximate surface area is 146 Å². The summed E-state index contributed by atoms with van der Waals surface area (Å²) < 4.78 is 0. The third-order valence-electron chi connectivity index (χ3n) is 2.30. The number of hydrogen-bond donors (Lipinski definition) is 2.